The third-order valence-corrected chi connectivity index (χ3v) is 2.06. The summed E-state index contributed by atoms with van der Waals surface area (Å²) in [5.41, 5.74) is 0.815. The normalized spacial score (nSPS) is 10.2. The number of aryl methyl sites for hydroxylation is 2. The minimum Gasteiger partial charge on any atom is -0.439 e. The summed E-state index contributed by atoms with van der Waals surface area (Å²) < 4.78 is 18.4. The van der Waals surface area contributed by atoms with Crippen LogP contribution in [0.1, 0.15) is 11.4 Å². The quantitative estimate of drug-likeness (QED) is 0.777. The van der Waals surface area contributed by atoms with Gasteiger partial charge in [0, 0.05) is 17.8 Å². The number of nitrogens with zero attached hydrogens (tertiary/aromatic N) is 2. The van der Waals surface area contributed by atoms with Crippen molar-refractivity contribution in [1.82, 2.24) is 9.97 Å². The van der Waals surface area contributed by atoms with Gasteiger partial charge in [-0.3, -0.25) is 0 Å². The Morgan fingerprint density at radius 1 is 1.25 bits per heavy atom. The summed E-state index contributed by atoms with van der Waals surface area (Å²) in [4.78, 5) is 8.18. The molecule has 0 atom stereocenters. The van der Waals surface area contributed by atoms with Crippen molar-refractivity contribution in [2.75, 3.05) is 0 Å². The van der Waals surface area contributed by atoms with Gasteiger partial charge in [-0.1, -0.05) is 6.07 Å². The molecule has 0 fully saturated rings. The Hall–Kier alpha value is -1.97. The van der Waals surface area contributed by atoms with Gasteiger partial charge in [-0.25, -0.2) is 9.37 Å². The van der Waals surface area contributed by atoms with Crippen LogP contribution in [-0.4, -0.2) is 9.97 Å². The molecule has 2 rings (SSSR count). The lowest BCUT2D eigenvalue weighted by Gasteiger charge is -2.07. The highest BCUT2D eigenvalue weighted by Crippen LogP contribution is 2.22. The van der Waals surface area contributed by atoms with Crippen molar-refractivity contribution >= 4 is 0 Å². The van der Waals surface area contributed by atoms with Gasteiger partial charge < -0.3 is 4.74 Å². The smallest absolute Gasteiger partial charge is 0.225 e. The first-order valence-electron chi connectivity index (χ1n) is 4.89. The summed E-state index contributed by atoms with van der Waals surface area (Å²) in [6.45, 7) is 3.62. The van der Waals surface area contributed by atoms with E-state index in [9.17, 15) is 4.39 Å². The summed E-state index contributed by atoms with van der Waals surface area (Å²) >= 11 is 0. The fraction of sp³-hybridized carbons (Fsp3) is 0.167. The second kappa shape index (κ2) is 4.26. The van der Waals surface area contributed by atoms with Gasteiger partial charge in [0.1, 0.15) is 17.4 Å². The maximum Gasteiger partial charge on any atom is 0.225 e. The first-order valence-corrected chi connectivity index (χ1v) is 4.89. The van der Waals surface area contributed by atoms with Crippen molar-refractivity contribution in [3.63, 3.8) is 0 Å². The zero-order valence-corrected chi connectivity index (χ0v) is 9.07. The molecule has 1 heterocycles. The Bertz CT molecular complexity index is 514. The van der Waals surface area contributed by atoms with Crippen LogP contribution >= 0.6 is 0 Å². The minimum atomic E-state index is -0.332. The molecule has 0 radical (unpaired) electrons. The minimum absolute atomic E-state index is 0.332. The molecule has 0 amide bonds. The zero-order chi connectivity index (χ0) is 11.5. The van der Waals surface area contributed by atoms with E-state index in [-0.39, 0.29) is 5.82 Å². The molecule has 0 N–H and O–H groups in total. The maximum absolute atomic E-state index is 12.9. The Morgan fingerprint density at radius 3 is 2.81 bits per heavy atom. The molecule has 0 bridgehead atoms. The van der Waals surface area contributed by atoms with E-state index in [1.807, 2.05) is 6.92 Å². The molecule has 2 aromatic rings. The predicted molar refractivity (Wildman–Crippen MR) is 58.0 cm³/mol. The molecule has 0 spiro atoms. The van der Waals surface area contributed by atoms with Gasteiger partial charge in [0.25, 0.3) is 0 Å². The molecule has 16 heavy (non-hydrogen) atoms. The molecule has 0 unspecified atom stereocenters. The number of hydrogen-bond acceptors (Lipinski definition) is 3. The Kier molecular flexibility index (Phi) is 2.81. The summed E-state index contributed by atoms with van der Waals surface area (Å²) in [6, 6.07) is 5.95. The van der Waals surface area contributed by atoms with E-state index in [0.29, 0.717) is 17.5 Å². The lowest BCUT2D eigenvalue weighted by Crippen LogP contribution is -1.95. The number of ether oxygens (including phenoxy) is 1. The van der Waals surface area contributed by atoms with Gasteiger partial charge in [-0.2, -0.15) is 4.98 Å². The molecular formula is C12H11FN2O. The van der Waals surface area contributed by atoms with Crippen LogP contribution in [0.2, 0.25) is 0 Å². The van der Waals surface area contributed by atoms with E-state index < -0.39 is 0 Å². The van der Waals surface area contributed by atoms with Crippen LogP contribution in [0.5, 0.6) is 11.6 Å². The van der Waals surface area contributed by atoms with E-state index in [2.05, 4.69) is 9.97 Å². The van der Waals surface area contributed by atoms with Crippen molar-refractivity contribution in [3.05, 3.63) is 47.7 Å². The average Bonchev–Trinajstić information content (AvgIpc) is 2.24. The van der Waals surface area contributed by atoms with E-state index >= 15 is 0 Å². The average molecular weight is 218 g/mol. The SMILES string of the molecule is Cc1ncc(C)c(Oc2cccc(F)c2)n1. The van der Waals surface area contributed by atoms with Gasteiger partial charge in [-0.05, 0) is 26.0 Å². The monoisotopic (exact) mass is 218 g/mol. The van der Waals surface area contributed by atoms with Crippen LogP contribution in [-0.2, 0) is 0 Å². The molecule has 0 aliphatic heterocycles. The van der Waals surface area contributed by atoms with Gasteiger partial charge in [0.2, 0.25) is 5.88 Å². The van der Waals surface area contributed by atoms with E-state index in [1.54, 1.807) is 25.3 Å². The first-order chi connectivity index (χ1) is 7.65. The molecular weight excluding hydrogens is 207 g/mol. The topological polar surface area (TPSA) is 35.0 Å². The van der Waals surface area contributed by atoms with Crippen LogP contribution in [0.15, 0.2) is 30.5 Å². The molecule has 1 aromatic carbocycles. The van der Waals surface area contributed by atoms with E-state index in [4.69, 9.17) is 4.74 Å². The van der Waals surface area contributed by atoms with Crippen LogP contribution in [0.25, 0.3) is 0 Å². The second-order valence-corrected chi connectivity index (χ2v) is 3.46. The van der Waals surface area contributed by atoms with E-state index in [0.717, 1.165) is 5.56 Å². The first kappa shape index (κ1) is 10.5. The lowest BCUT2D eigenvalue weighted by atomic mass is 10.3. The summed E-state index contributed by atoms with van der Waals surface area (Å²) in [5.74, 6) is 1.18. The van der Waals surface area contributed by atoms with Crippen molar-refractivity contribution in [2.45, 2.75) is 13.8 Å². The molecule has 0 aliphatic carbocycles. The molecule has 3 nitrogen and oxygen atoms in total. The van der Waals surface area contributed by atoms with Crippen molar-refractivity contribution in [2.24, 2.45) is 0 Å². The van der Waals surface area contributed by atoms with Crippen molar-refractivity contribution in [3.8, 4) is 11.6 Å². The second-order valence-electron chi connectivity index (χ2n) is 3.46. The highest BCUT2D eigenvalue weighted by Gasteiger charge is 2.04. The number of aromatic nitrogens is 2. The Morgan fingerprint density at radius 2 is 2.06 bits per heavy atom. The van der Waals surface area contributed by atoms with Gasteiger partial charge >= 0.3 is 0 Å². The Balaban J connectivity index is 2.30. The number of benzene rings is 1. The summed E-state index contributed by atoms with van der Waals surface area (Å²) in [5, 5.41) is 0. The number of hydrogen-bond donors (Lipinski definition) is 0. The highest BCUT2D eigenvalue weighted by molar-refractivity contribution is 5.30. The summed E-state index contributed by atoms with van der Waals surface area (Å²) in [7, 11) is 0. The Labute approximate surface area is 92.9 Å². The zero-order valence-electron chi connectivity index (χ0n) is 9.07. The lowest BCUT2D eigenvalue weighted by molar-refractivity contribution is 0.451. The molecule has 0 saturated heterocycles. The van der Waals surface area contributed by atoms with Crippen LogP contribution < -0.4 is 4.74 Å². The largest absolute Gasteiger partial charge is 0.439 e. The van der Waals surface area contributed by atoms with Gasteiger partial charge in [-0.15, -0.1) is 0 Å². The maximum atomic E-state index is 12.9. The van der Waals surface area contributed by atoms with Crippen LogP contribution in [0.3, 0.4) is 0 Å². The van der Waals surface area contributed by atoms with Crippen LogP contribution in [0, 0.1) is 19.7 Å². The molecule has 0 saturated carbocycles. The van der Waals surface area contributed by atoms with Crippen molar-refractivity contribution in [1.29, 1.82) is 0 Å². The number of rotatable bonds is 2. The molecule has 82 valence electrons. The van der Waals surface area contributed by atoms with Crippen LogP contribution in [0.4, 0.5) is 4.39 Å². The van der Waals surface area contributed by atoms with Crippen molar-refractivity contribution < 1.29 is 9.13 Å². The predicted octanol–water partition coefficient (Wildman–Crippen LogP) is 3.02. The highest BCUT2D eigenvalue weighted by atomic mass is 19.1. The molecule has 1 aromatic heterocycles. The third kappa shape index (κ3) is 2.34. The molecule has 4 heteroatoms. The number of halogens is 1. The fourth-order valence-electron chi connectivity index (χ4n) is 1.25. The molecule has 0 aliphatic rings. The van der Waals surface area contributed by atoms with Gasteiger partial charge in [0.05, 0.1) is 0 Å². The summed E-state index contributed by atoms with van der Waals surface area (Å²) in [6.07, 6.45) is 1.68. The standard InChI is InChI=1S/C12H11FN2O/c1-8-7-14-9(2)15-12(8)16-11-5-3-4-10(13)6-11/h3-7H,1-2H3. The van der Waals surface area contributed by atoms with E-state index in [1.165, 1.54) is 12.1 Å². The third-order valence-electron chi connectivity index (χ3n) is 2.06. The van der Waals surface area contributed by atoms with Gasteiger partial charge in [0.15, 0.2) is 0 Å². The fourth-order valence-corrected chi connectivity index (χ4v) is 1.25.